The lowest BCUT2D eigenvalue weighted by Gasteiger charge is -2.11. The van der Waals surface area contributed by atoms with Gasteiger partial charge in [-0.15, -0.1) is 0 Å². The third kappa shape index (κ3) is 1.86. The lowest BCUT2D eigenvalue weighted by molar-refractivity contribution is 0.413. The highest BCUT2D eigenvalue weighted by atomic mass is 16.5. The van der Waals surface area contributed by atoms with Crippen molar-refractivity contribution in [2.75, 3.05) is 12.8 Å². The Hall–Kier alpha value is -1.97. The largest absolute Gasteiger partial charge is 0.496 e. The molecule has 0 saturated carbocycles. The smallest absolute Gasteiger partial charge is 0.131 e. The fourth-order valence-corrected chi connectivity index (χ4v) is 1.87. The van der Waals surface area contributed by atoms with Crippen LogP contribution in [-0.2, 0) is 7.05 Å². The van der Waals surface area contributed by atoms with Crippen molar-refractivity contribution in [1.29, 1.82) is 0 Å². The predicted molar refractivity (Wildman–Crippen MR) is 69.1 cm³/mol. The Kier molecular flexibility index (Phi) is 2.79. The summed E-state index contributed by atoms with van der Waals surface area (Å²) in [5.74, 6) is 1.50. The zero-order valence-corrected chi connectivity index (χ0v) is 10.6. The average molecular weight is 231 g/mol. The van der Waals surface area contributed by atoms with Gasteiger partial charge in [0.05, 0.1) is 12.8 Å². The molecule has 90 valence electrons. The van der Waals surface area contributed by atoms with Crippen molar-refractivity contribution < 1.29 is 4.74 Å². The Labute approximate surface area is 101 Å². The van der Waals surface area contributed by atoms with Gasteiger partial charge in [-0.2, -0.15) is 5.10 Å². The van der Waals surface area contributed by atoms with Crippen LogP contribution in [-0.4, -0.2) is 16.9 Å². The number of nitrogen functional groups attached to an aromatic ring is 1. The Bertz CT molecular complexity index is 539. The second kappa shape index (κ2) is 4.13. The molecule has 0 spiro atoms. The molecule has 0 aliphatic carbocycles. The molecule has 2 rings (SSSR count). The Balaban J connectivity index is 2.63. The van der Waals surface area contributed by atoms with Crippen molar-refractivity contribution in [2.24, 2.45) is 7.05 Å². The quantitative estimate of drug-likeness (QED) is 0.862. The summed E-state index contributed by atoms with van der Waals surface area (Å²) in [6.07, 6.45) is 0. The molecule has 0 fully saturated rings. The van der Waals surface area contributed by atoms with E-state index < -0.39 is 0 Å². The third-order valence-electron chi connectivity index (χ3n) is 3.07. The molecular formula is C13H17N3O. The second-order valence-electron chi connectivity index (χ2n) is 4.17. The highest BCUT2D eigenvalue weighted by Gasteiger charge is 2.13. The molecule has 0 aliphatic heterocycles. The third-order valence-corrected chi connectivity index (χ3v) is 3.07. The van der Waals surface area contributed by atoms with E-state index >= 15 is 0 Å². The monoisotopic (exact) mass is 231 g/mol. The molecule has 0 aliphatic rings. The number of hydrogen-bond donors (Lipinski definition) is 1. The van der Waals surface area contributed by atoms with Crippen molar-refractivity contribution >= 4 is 5.82 Å². The van der Waals surface area contributed by atoms with Crippen LogP contribution in [0.3, 0.4) is 0 Å². The topological polar surface area (TPSA) is 53.1 Å². The molecule has 1 heterocycles. The molecule has 1 aromatic heterocycles. The van der Waals surface area contributed by atoms with Gasteiger partial charge >= 0.3 is 0 Å². The van der Waals surface area contributed by atoms with Crippen LogP contribution in [0.1, 0.15) is 11.1 Å². The predicted octanol–water partition coefficient (Wildman–Crippen LogP) is 2.29. The van der Waals surface area contributed by atoms with E-state index in [9.17, 15) is 0 Å². The van der Waals surface area contributed by atoms with Crippen LogP contribution in [0.15, 0.2) is 18.2 Å². The number of anilines is 1. The van der Waals surface area contributed by atoms with Crippen LogP contribution in [0.5, 0.6) is 5.75 Å². The number of nitrogens with zero attached hydrogens (tertiary/aromatic N) is 2. The molecule has 0 amide bonds. The first-order chi connectivity index (χ1) is 8.04. The van der Waals surface area contributed by atoms with Crippen LogP contribution in [0.25, 0.3) is 11.3 Å². The minimum Gasteiger partial charge on any atom is -0.496 e. The zero-order valence-electron chi connectivity index (χ0n) is 10.6. The summed E-state index contributed by atoms with van der Waals surface area (Å²) in [4.78, 5) is 0. The van der Waals surface area contributed by atoms with E-state index in [0.717, 1.165) is 22.6 Å². The number of nitrogens with two attached hydrogens (primary N) is 1. The van der Waals surface area contributed by atoms with Crippen molar-refractivity contribution in [1.82, 2.24) is 9.78 Å². The maximum Gasteiger partial charge on any atom is 0.131 e. The number of ether oxygens (including phenoxy) is 1. The maximum atomic E-state index is 5.80. The minimum atomic E-state index is 0.639. The fourth-order valence-electron chi connectivity index (χ4n) is 1.87. The van der Waals surface area contributed by atoms with Gasteiger partial charge in [0.25, 0.3) is 0 Å². The van der Waals surface area contributed by atoms with Gasteiger partial charge in [-0.05, 0) is 31.0 Å². The lowest BCUT2D eigenvalue weighted by atomic mass is 10.0. The molecule has 0 atom stereocenters. The first-order valence-electron chi connectivity index (χ1n) is 5.48. The molecule has 0 bridgehead atoms. The number of rotatable bonds is 2. The number of aromatic nitrogens is 2. The Morgan fingerprint density at radius 2 is 2.00 bits per heavy atom. The van der Waals surface area contributed by atoms with Gasteiger partial charge in [0.15, 0.2) is 0 Å². The van der Waals surface area contributed by atoms with E-state index in [1.165, 1.54) is 5.56 Å². The molecule has 17 heavy (non-hydrogen) atoms. The van der Waals surface area contributed by atoms with Crippen LogP contribution in [0.4, 0.5) is 5.82 Å². The van der Waals surface area contributed by atoms with Crippen LogP contribution < -0.4 is 10.5 Å². The van der Waals surface area contributed by atoms with E-state index in [1.54, 1.807) is 11.8 Å². The number of aryl methyl sites for hydroxylation is 2. The maximum absolute atomic E-state index is 5.80. The van der Waals surface area contributed by atoms with E-state index in [2.05, 4.69) is 18.1 Å². The number of benzene rings is 1. The van der Waals surface area contributed by atoms with Crippen LogP contribution in [0.2, 0.25) is 0 Å². The van der Waals surface area contributed by atoms with Crippen molar-refractivity contribution in [3.63, 3.8) is 0 Å². The summed E-state index contributed by atoms with van der Waals surface area (Å²) in [5.41, 5.74) is 9.95. The summed E-state index contributed by atoms with van der Waals surface area (Å²) in [7, 11) is 3.50. The fraction of sp³-hybridized carbons (Fsp3) is 0.308. The molecule has 4 nitrogen and oxygen atoms in total. The summed E-state index contributed by atoms with van der Waals surface area (Å²) >= 11 is 0. The van der Waals surface area contributed by atoms with E-state index in [0.29, 0.717) is 5.82 Å². The van der Waals surface area contributed by atoms with E-state index in [1.807, 2.05) is 26.1 Å². The molecular weight excluding hydrogens is 214 g/mol. The Morgan fingerprint density at radius 1 is 1.29 bits per heavy atom. The number of methoxy groups -OCH3 is 1. The Morgan fingerprint density at radius 3 is 2.53 bits per heavy atom. The summed E-state index contributed by atoms with van der Waals surface area (Å²) in [5, 5.41) is 4.37. The summed E-state index contributed by atoms with van der Waals surface area (Å²) in [6.45, 7) is 4.11. The standard InChI is InChI=1S/C13H17N3O/c1-8-5-6-10(13(17-4)9(8)2)11-7-12(14)16(3)15-11/h5-7H,14H2,1-4H3. The van der Waals surface area contributed by atoms with Gasteiger partial charge in [-0.3, -0.25) is 4.68 Å². The van der Waals surface area contributed by atoms with Gasteiger partial charge in [0.1, 0.15) is 11.6 Å². The molecule has 0 radical (unpaired) electrons. The van der Waals surface area contributed by atoms with Crippen molar-refractivity contribution in [2.45, 2.75) is 13.8 Å². The average Bonchev–Trinajstić information content (AvgIpc) is 2.62. The zero-order chi connectivity index (χ0) is 12.6. The minimum absolute atomic E-state index is 0.639. The summed E-state index contributed by atoms with van der Waals surface area (Å²) in [6, 6.07) is 5.94. The first-order valence-corrected chi connectivity index (χ1v) is 5.48. The molecule has 4 heteroatoms. The lowest BCUT2D eigenvalue weighted by Crippen LogP contribution is -1.97. The highest BCUT2D eigenvalue weighted by molar-refractivity contribution is 5.71. The van der Waals surface area contributed by atoms with Crippen molar-refractivity contribution in [3.05, 3.63) is 29.3 Å². The highest BCUT2D eigenvalue weighted by Crippen LogP contribution is 2.34. The van der Waals surface area contributed by atoms with Crippen molar-refractivity contribution in [3.8, 4) is 17.0 Å². The van der Waals surface area contributed by atoms with Gasteiger partial charge in [0.2, 0.25) is 0 Å². The first kappa shape index (κ1) is 11.5. The van der Waals surface area contributed by atoms with E-state index in [-0.39, 0.29) is 0 Å². The molecule has 2 aromatic rings. The van der Waals surface area contributed by atoms with Gasteiger partial charge in [0, 0.05) is 18.7 Å². The normalized spacial score (nSPS) is 10.6. The molecule has 0 unspecified atom stereocenters. The van der Waals surface area contributed by atoms with Gasteiger partial charge in [-0.1, -0.05) is 6.07 Å². The second-order valence-corrected chi connectivity index (χ2v) is 4.17. The molecule has 0 saturated heterocycles. The van der Waals surface area contributed by atoms with Gasteiger partial charge < -0.3 is 10.5 Å². The molecule has 2 N–H and O–H groups in total. The van der Waals surface area contributed by atoms with Crippen LogP contribution in [0, 0.1) is 13.8 Å². The number of hydrogen-bond acceptors (Lipinski definition) is 3. The van der Waals surface area contributed by atoms with Crippen LogP contribution >= 0.6 is 0 Å². The molecule has 1 aromatic carbocycles. The van der Waals surface area contributed by atoms with Gasteiger partial charge in [-0.25, -0.2) is 0 Å². The van der Waals surface area contributed by atoms with E-state index in [4.69, 9.17) is 10.5 Å². The SMILES string of the molecule is COc1c(-c2cc(N)n(C)n2)ccc(C)c1C. The summed E-state index contributed by atoms with van der Waals surface area (Å²) < 4.78 is 7.13.